The molecule has 0 atom stereocenters. The summed E-state index contributed by atoms with van der Waals surface area (Å²) in [5.74, 6) is 0.727. The molecule has 0 radical (unpaired) electrons. The van der Waals surface area contributed by atoms with Crippen LogP contribution in [0.3, 0.4) is 0 Å². The van der Waals surface area contributed by atoms with Crippen LogP contribution < -0.4 is 11.1 Å². The highest BCUT2D eigenvalue weighted by Gasteiger charge is 2.29. The van der Waals surface area contributed by atoms with Gasteiger partial charge in [0.1, 0.15) is 0 Å². The number of hydrogen-bond acceptors (Lipinski definition) is 3. The van der Waals surface area contributed by atoms with Gasteiger partial charge in [0.05, 0.1) is 4.90 Å². The Hall–Kier alpha value is -2.38. The van der Waals surface area contributed by atoms with E-state index in [0.29, 0.717) is 36.4 Å². The number of rotatable bonds is 5. The summed E-state index contributed by atoms with van der Waals surface area (Å²) in [6.07, 6.45) is 1.57. The molecule has 2 aromatic rings. The van der Waals surface area contributed by atoms with E-state index in [1.165, 1.54) is 0 Å². The highest BCUT2D eigenvalue weighted by molar-refractivity contribution is 7.89. The molecule has 0 bridgehead atoms. The minimum absolute atomic E-state index is 0.338. The standard InChI is InChI=1S/C20H26N4O2S/c1-16-6-5-7-18(14-16)23-20(21)22-15-17-10-12-24(13-11-17)27(25,26)19-8-3-2-4-9-19/h2-9,14,17H,10-13,15H2,1H3,(H3,21,22,23). The van der Waals surface area contributed by atoms with Crippen LogP contribution in [0, 0.1) is 12.8 Å². The van der Waals surface area contributed by atoms with Crippen molar-refractivity contribution in [3.8, 4) is 0 Å². The predicted molar refractivity (Wildman–Crippen MR) is 109 cm³/mol. The van der Waals surface area contributed by atoms with Crippen molar-refractivity contribution in [1.82, 2.24) is 4.31 Å². The number of guanidine groups is 1. The second-order valence-corrected chi connectivity index (χ2v) is 8.82. The molecular formula is C20H26N4O2S. The van der Waals surface area contributed by atoms with Gasteiger partial charge in [-0.25, -0.2) is 8.42 Å². The molecule has 0 unspecified atom stereocenters. The van der Waals surface area contributed by atoms with Crippen molar-refractivity contribution in [2.24, 2.45) is 16.6 Å². The molecule has 0 aromatic heterocycles. The van der Waals surface area contributed by atoms with Gasteiger partial charge < -0.3 is 11.1 Å². The molecule has 1 aliphatic heterocycles. The molecule has 144 valence electrons. The van der Waals surface area contributed by atoms with Gasteiger partial charge in [0.25, 0.3) is 0 Å². The van der Waals surface area contributed by atoms with Gasteiger partial charge >= 0.3 is 0 Å². The number of anilines is 1. The molecule has 7 heteroatoms. The number of piperidine rings is 1. The fraction of sp³-hybridized carbons (Fsp3) is 0.350. The molecule has 1 fully saturated rings. The number of aliphatic imine (C=N–C) groups is 1. The zero-order chi connectivity index (χ0) is 19.3. The molecule has 2 aromatic carbocycles. The van der Waals surface area contributed by atoms with Crippen LogP contribution in [0.25, 0.3) is 0 Å². The van der Waals surface area contributed by atoms with Gasteiger partial charge in [0, 0.05) is 25.3 Å². The van der Waals surface area contributed by atoms with Crippen LogP contribution in [0.1, 0.15) is 18.4 Å². The van der Waals surface area contributed by atoms with E-state index in [1.807, 2.05) is 37.3 Å². The second-order valence-electron chi connectivity index (χ2n) is 6.88. The Morgan fingerprint density at radius 3 is 2.52 bits per heavy atom. The van der Waals surface area contributed by atoms with E-state index in [-0.39, 0.29) is 0 Å². The Balaban J connectivity index is 1.52. The summed E-state index contributed by atoms with van der Waals surface area (Å²) in [5, 5.41) is 3.10. The third-order valence-electron chi connectivity index (χ3n) is 4.76. The third kappa shape index (κ3) is 5.08. The summed E-state index contributed by atoms with van der Waals surface area (Å²) in [4.78, 5) is 4.79. The van der Waals surface area contributed by atoms with Crippen molar-refractivity contribution in [1.29, 1.82) is 0 Å². The van der Waals surface area contributed by atoms with Crippen LogP contribution in [0.4, 0.5) is 5.69 Å². The normalized spacial score (nSPS) is 17.0. The summed E-state index contributed by atoms with van der Waals surface area (Å²) in [5.41, 5.74) is 8.05. The van der Waals surface area contributed by atoms with Gasteiger partial charge in [-0.05, 0) is 55.5 Å². The summed E-state index contributed by atoms with van der Waals surface area (Å²) in [7, 11) is -3.40. The van der Waals surface area contributed by atoms with Crippen LogP contribution >= 0.6 is 0 Å². The molecule has 0 aliphatic carbocycles. The van der Waals surface area contributed by atoms with E-state index in [4.69, 9.17) is 5.73 Å². The zero-order valence-electron chi connectivity index (χ0n) is 15.5. The van der Waals surface area contributed by atoms with E-state index >= 15 is 0 Å². The minimum atomic E-state index is -3.40. The Labute approximate surface area is 161 Å². The number of nitrogens with two attached hydrogens (primary N) is 1. The molecule has 6 nitrogen and oxygen atoms in total. The fourth-order valence-electron chi connectivity index (χ4n) is 3.21. The highest BCUT2D eigenvalue weighted by atomic mass is 32.2. The maximum atomic E-state index is 12.7. The first-order valence-electron chi connectivity index (χ1n) is 9.14. The number of sulfonamides is 1. The summed E-state index contributed by atoms with van der Waals surface area (Å²) in [6, 6.07) is 16.5. The second kappa shape index (κ2) is 8.54. The third-order valence-corrected chi connectivity index (χ3v) is 6.68. The zero-order valence-corrected chi connectivity index (χ0v) is 16.3. The van der Waals surface area contributed by atoms with Crippen LogP contribution in [-0.2, 0) is 10.0 Å². The minimum Gasteiger partial charge on any atom is -0.370 e. The highest BCUT2D eigenvalue weighted by Crippen LogP contribution is 2.24. The first kappa shape index (κ1) is 19.4. The van der Waals surface area contributed by atoms with Gasteiger partial charge in [-0.1, -0.05) is 30.3 Å². The van der Waals surface area contributed by atoms with Crippen molar-refractivity contribution in [3.05, 3.63) is 60.2 Å². The predicted octanol–water partition coefficient (Wildman–Crippen LogP) is 2.82. The summed E-state index contributed by atoms with van der Waals surface area (Å²) >= 11 is 0. The van der Waals surface area contributed by atoms with Crippen LogP contribution in [0.5, 0.6) is 0 Å². The summed E-state index contributed by atoms with van der Waals surface area (Å²) < 4.78 is 26.9. The number of hydrogen-bond donors (Lipinski definition) is 2. The molecule has 0 spiro atoms. The van der Waals surface area contributed by atoms with Crippen LogP contribution in [0.2, 0.25) is 0 Å². The van der Waals surface area contributed by atoms with Crippen molar-refractivity contribution in [2.75, 3.05) is 25.0 Å². The fourth-order valence-corrected chi connectivity index (χ4v) is 4.70. The molecule has 3 N–H and O–H groups in total. The largest absolute Gasteiger partial charge is 0.370 e. The van der Waals surface area contributed by atoms with Gasteiger partial charge in [-0.15, -0.1) is 0 Å². The van der Waals surface area contributed by atoms with E-state index in [1.54, 1.807) is 28.6 Å². The lowest BCUT2D eigenvalue weighted by Gasteiger charge is -2.30. The molecule has 1 heterocycles. The molecule has 1 saturated heterocycles. The quantitative estimate of drug-likeness (QED) is 0.611. The van der Waals surface area contributed by atoms with Crippen molar-refractivity contribution >= 4 is 21.7 Å². The van der Waals surface area contributed by atoms with E-state index in [9.17, 15) is 8.42 Å². The van der Waals surface area contributed by atoms with Gasteiger partial charge in [-0.3, -0.25) is 4.99 Å². The van der Waals surface area contributed by atoms with Crippen LogP contribution in [0.15, 0.2) is 64.5 Å². The van der Waals surface area contributed by atoms with E-state index < -0.39 is 10.0 Å². The lowest BCUT2D eigenvalue weighted by Crippen LogP contribution is -2.39. The monoisotopic (exact) mass is 386 g/mol. The van der Waals surface area contributed by atoms with Crippen molar-refractivity contribution < 1.29 is 8.42 Å². The Morgan fingerprint density at radius 2 is 1.85 bits per heavy atom. The Bertz CT molecular complexity index is 889. The maximum absolute atomic E-state index is 12.7. The van der Waals surface area contributed by atoms with Gasteiger partial charge in [0.15, 0.2) is 5.96 Å². The van der Waals surface area contributed by atoms with Crippen molar-refractivity contribution in [2.45, 2.75) is 24.7 Å². The smallest absolute Gasteiger partial charge is 0.243 e. The van der Waals surface area contributed by atoms with E-state index in [0.717, 1.165) is 24.1 Å². The molecule has 3 rings (SSSR count). The van der Waals surface area contributed by atoms with Gasteiger partial charge in [0.2, 0.25) is 10.0 Å². The first-order valence-corrected chi connectivity index (χ1v) is 10.6. The molecule has 0 amide bonds. The summed E-state index contributed by atoms with van der Waals surface area (Å²) in [6.45, 7) is 3.66. The van der Waals surface area contributed by atoms with E-state index in [2.05, 4.69) is 10.3 Å². The lowest BCUT2D eigenvalue weighted by atomic mass is 9.98. The Kier molecular flexibility index (Phi) is 6.13. The maximum Gasteiger partial charge on any atom is 0.243 e. The van der Waals surface area contributed by atoms with Gasteiger partial charge in [-0.2, -0.15) is 4.31 Å². The van der Waals surface area contributed by atoms with Crippen LogP contribution in [-0.4, -0.2) is 38.3 Å². The van der Waals surface area contributed by atoms with Crippen molar-refractivity contribution in [3.63, 3.8) is 0 Å². The Morgan fingerprint density at radius 1 is 1.15 bits per heavy atom. The topological polar surface area (TPSA) is 87.8 Å². The molecule has 27 heavy (non-hydrogen) atoms. The number of aryl methyl sites for hydroxylation is 1. The lowest BCUT2D eigenvalue weighted by molar-refractivity contribution is 0.279. The SMILES string of the molecule is Cc1cccc(NC(N)=NCC2CCN(S(=O)(=O)c3ccccc3)CC2)c1. The average molecular weight is 387 g/mol. The molecule has 1 aliphatic rings. The first-order chi connectivity index (χ1) is 12.9. The number of benzene rings is 2. The number of nitrogens with one attached hydrogen (secondary N) is 1. The molecule has 0 saturated carbocycles. The number of nitrogens with zero attached hydrogens (tertiary/aromatic N) is 2. The average Bonchev–Trinajstić information content (AvgIpc) is 2.67. The molecular weight excluding hydrogens is 360 g/mol.